The highest BCUT2D eigenvalue weighted by Crippen LogP contribution is 2.38. The van der Waals surface area contributed by atoms with Gasteiger partial charge in [-0.2, -0.15) is 0 Å². The molecule has 1 aromatic carbocycles. The molecular weight excluding hydrogens is 241 g/mol. The summed E-state index contributed by atoms with van der Waals surface area (Å²) in [6, 6.07) is 5.56. The fraction of sp³-hybridized carbons (Fsp3) is 0.571. The molecule has 5 heteroatoms. The van der Waals surface area contributed by atoms with Gasteiger partial charge in [-0.1, -0.05) is 19.1 Å². The molecule has 1 aliphatic carbocycles. The van der Waals surface area contributed by atoms with Crippen molar-refractivity contribution in [1.82, 2.24) is 4.90 Å². The fourth-order valence-electron chi connectivity index (χ4n) is 2.51. The van der Waals surface area contributed by atoms with Crippen LogP contribution in [0.15, 0.2) is 18.2 Å². The van der Waals surface area contributed by atoms with Gasteiger partial charge in [-0.25, -0.2) is 0 Å². The van der Waals surface area contributed by atoms with Crippen LogP contribution >= 0.6 is 0 Å². The van der Waals surface area contributed by atoms with Crippen molar-refractivity contribution in [3.8, 4) is 5.75 Å². The van der Waals surface area contributed by atoms with Crippen molar-refractivity contribution < 1.29 is 14.8 Å². The number of nitrogens with zero attached hydrogens (tertiary/aromatic N) is 1. The summed E-state index contributed by atoms with van der Waals surface area (Å²) >= 11 is 0. The van der Waals surface area contributed by atoms with Crippen molar-refractivity contribution in [2.45, 2.75) is 19.9 Å². The minimum atomic E-state index is -1.50. The van der Waals surface area contributed by atoms with E-state index >= 15 is 0 Å². The molecule has 4 nitrogen and oxygen atoms in total. The highest BCUT2D eigenvalue weighted by Gasteiger charge is 2.33. The van der Waals surface area contributed by atoms with E-state index in [1.54, 1.807) is 12.1 Å². The first kappa shape index (κ1) is 14.4. The molecule has 2 unspecified atom stereocenters. The van der Waals surface area contributed by atoms with E-state index in [1.165, 1.54) is 13.5 Å². The average Bonchev–Trinajstić information content (AvgIpc) is 3.04. The van der Waals surface area contributed by atoms with Crippen molar-refractivity contribution in [2.75, 3.05) is 20.7 Å². The minimum absolute atomic E-state index is 0.424. The first-order chi connectivity index (χ1) is 9.01. The van der Waals surface area contributed by atoms with Crippen LogP contribution in [0.3, 0.4) is 0 Å². The van der Waals surface area contributed by atoms with Gasteiger partial charge in [-0.3, -0.25) is 0 Å². The van der Waals surface area contributed by atoms with Crippen LogP contribution in [-0.2, 0) is 6.54 Å². The van der Waals surface area contributed by atoms with E-state index < -0.39 is 7.12 Å². The van der Waals surface area contributed by atoms with Crippen LogP contribution in [0.5, 0.6) is 5.75 Å². The molecule has 1 fully saturated rings. The number of methoxy groups -OCH3 is 1. The van der Waals surface area contributed by atoms with Gasteiger partial charge in [0.1, 0.15) is 5.75 Å². The van der Waals surface area contributed by atoms with Crippen molar-refractivity contribution in [1.29, 1.82) is 0 Å². The van der Waals surface area contributed by atoms with E-state index in [4.69, 9.17) is 4.74 Å². The monoisotopic (exact) mass is 263 g/mol. The smallest absolute Gasteiger partial charge is 0.492 e. The van der Waals surface area contributed by atoms with Crippen LogP contribution < -0.4 is 10.2 Å². The maximum absolute atomic E-state index is 9.35. The molecule has 1 saturated carbocycles. The molecule has 2 rings (SSSR count). The lowest BCUT2D eigenvalue weighted by Gasteiger charge is -2.18. The molecule has 0 bridgehead atoms. The molecule has 0 saturated heterocycles. The van der Waals surface area contributed by atoms with Gasteiger partial charge in [0, 0.05) is 18.6 Å². The Morgan fingerprint density at radius 2 is 2.11 bits per heavy atom. The Balaban J connectivity index is 2.01. The lowest BCUT2D eigenvalue weighted by Crippen LogP contribution is -2.32. The van der Waals surface area contributed by atoms with Crippen molar-refractivity contribution in [2.24, 2.45) is 11.8 Å². The molecule has 104 valence electrons. The Hall–Kier alpha value is -1.04. The van der Waals surface area contributed by atoms with Gasteiger partial charge in [0.2, 0.25) is 0 Å². The summed E-state index contributed by atoms with van der Waals surface area (Å²) in [6.07, 6.45) is 1.33. The standard InChI is InChI=1S/C14H22BNO3/c1-10-6-12(10)9-16(2)8-11-4-5-14(19-3)13(7-11)15(17)18/h4-5,7,10,12,17-18H,6,8-9H2,1-3H3. The second kappa shape index (κ2) is 5.95. The summed E-state index contributed by atoms with van der Waals surface area (Å²) < 4.78 is 5.12. The highest BCUT2D eigenvalue weighted by molar-refractivity contribution is 6.59. The summed E-state index contributed by atoms with van der Waals surface area (Å²) in [5.41, 5.74) is 1.49. The van der Waals surface area contributed by atoms with Crippen molar-refractivity contribution in [3.63, 3.8) is 0 Å². The summed E-state index contributed by atoms with van der Waals surface area (Å²) in [5, 5.41) is 18.7. The highest BCUT2D eigenvalue weighted by atomic mass is 16.5. The van der Waals surface area contributed by atoms with Crippen LogP contribution in [0.1, 0.15) is 18.9 Å². The van der Waals surface area contributed by atoms with E-state index in [-0.39, 0.29) is 0 Å². The molecule has 1 aliphatic rings. The molecule has 0 heterocycles. The zero-order valence-corrected chi connectivity index (χ0v) is 11.8. The van der Waals surface area contributed by atoms with Crippen LogP contribution in [0.25, 0.3) is 0 Å². The predicted octanol–water partition coefficient (Wildman–Crippen LogP) is 0.463. The summed E-state index contributed by atoms with van der Waals surface area (Å²) in [4.78, 5) is 2.28. The largest absolute Gasteiger partial charge is 0.497 e. The van der Waals surface area contributed by atoms with Gasteiger partial charge in [0.25, 0.3) is 0 Å². The van der Waals surface area contributed by atoms with Gasteiger partial charge in [-0.05, 0) is 36.9 Å². The third-order valence-electron chi connectivity index (χ3n) is 3.85. The molecule has 2 atom stereocenters. The SMILES string of the molecule is COc1ccc(CN(C)CC2CC2C)cc1B(O)O. The summed E-state index contributed by atoms with van der Waals surface area (Å²) in [6.45, 7) is 4.20. The lowest BCUT2D eigenvalue weighted by atomic mass is 9.78. The van der Waals surface area contributed by atoms with Crippen molar-refractivity contribution in [3.05, 3.63) is 23.8 Å². The topological polar surface area (TPSA) is 52.9 Å². The Bertz CT molecular complexity index is 439. The van der Waals surface area contributed by atoms with Gasteiger partial charge in [-0.15, -0.1) is 0 Å². The first-order valence-corrected chi connectivity index (χ1v) is 6.72. The summed E-state index contributed by atoms with van der Waals surface area (Å²) in [5.74, 6) is 2.19. The van der Waals surface area contributed by atoms with Crippen LogP contribution in [0.4, 0.5) is 0 Å². The normalized spacial score (nSPS) is 21.6. The maximum Gasteiger partial charge on any atom is 0.492 e. The number of benzene rings is 1. The maximum atomic E-state index is 9.35. The van der Waals surface area contributed by atoms with E-state index in [2.05, 4.69) is 18.9 Å². The Morgan fingerprint density at radius 3 is 2.63 bits per heavy atom. The third-order valence-corrected chi connectivity index (χ3v) is 3.85. The Morgan fingerprint density at radius 1 is 1.42 bits per heavy atom. The molecule has 1 aromatic rings. The zero-order chi connectivity index (χ0) is 14.0. The second-order valence-corrected chi connectivity index (χ2v) is 5.62. The number of rotatable bonds is 6. The van der Waals surface area contributed by atoms with E-state index in [0.717, 1.165) is 30.5 Å². The van der Waals surface area contributed by atoms with Crippen LogP contribution in [0, 0.1) is 11.8 Å². The van der Waals surface area contributed by atoms with Gasteiger partial charge in [0.15, 0.2) is 0 Å². The van der Waals surface area contributed by atoms with Gasteiger partial charge in [0.05, 0.1) is 7.11 Å². The minimum Gasteiger partial charge on any atom is -0.497 e. The molecule has 0 radical (unpaired) electrons. The summed E-state index contributed by atoms with van der Waals surface area (Å²) in [7, 11) is 2.13. The van der Waals surface area contributed by atoms with E-state index in [9.17, 15) is 10.0 Å². The molecule has 2 N–H and O–H groups in total. The molecule has 0 aliphatic heterocycles. The number of hydrogen-bond donors (Lipinski definition) is 2. The van der Waals surface area contributed by atoms with E-state index in [1.807, 2.05) is 6.07 Å². The first-order valence-electron chi connectivity index (χ1n) is 6.72. The number of hydrogen-bond acceptors (Lipinski definition) is 4. The lowest BCUT2D eigenvalue weighted by molar-refractivity contribution is 0.307. The van der Waals surface area contributed by atoms with Gasteiger partial charge < -0.3 is 19.7 Å². The van der Waals surface area contributed by atoms with Crippen LogP contribution in [0.2, 0.25) is 0 Å². The Labute approximate surface area is 115 Å². The molecule has 19 heavy (non-hydrogen) atoms. The average molecular weight is 263 g/mol. The van der Waals surface area contributed by atoms with E-state index in [0.29, 0.717) is 11.2 Å². The molecular formula is C14H22BNO3. The molecule has 0 amide bonds. The quantitative estimate of drug-likeness (QED) is 0.732. The van der Waals surface area contributed by atoms with Crippen LogP contribution in [-0.4, -0.2) is 42.8 Å². The Kier molecular flexibility index (Phi) is 4.50. The number of ether oxygens (including phenoxy) is 1. The predicted molar refractivity (Wildman–Crippen MR) is 76.4 cm³/mol. The zero-order valence-electron chi connectivity index (χ0n) is 11.8. The molecule has 0 aromatic heterocycles. The third kappa shape index (κ3) is 3.72. The fourth-order valence-corrected chi connectivity index (χ4v) is 2.51. The molecule has 0 spiro atoms. The van der Waals surface area contributed by atoms with Crippen molar-refractivity contribution >= 4 is 12.6 Å². The van der Waals surface area contributed by atoms with Gasteiger partial charge >= 0.3 is 7.12 Å². The second-order valence-electron chi connectivity index (χ2n) is 5.62.